The molecule has 0 spiro atoms. The van der Waals surface area contributed by atoms with E-state index < -0.39 is 11.7 Å². The van der Waals surface area contributed by atoms with Gasteiger partial charge >= 0.3 is 6.18 Å². The minimum absolute atomic E-state index is 0. The van der Waals surface area contributed by atoms with Crippen LogP contribution in [0, 0.1) is 5.82 Å². The zero-order valence-corrected chi connectivity index (χ0v) is 17.5. The first-order valence-electron chi connectivity index (χ1n) is 8.34. The molecule has 2 rings (SSSR count). The maximum absolute atomic E-state index is 13.1. The summed E-state index contributed by atoms with van der Waals surface area (Å²) in [5.74, 6) is 0.670. The molecule has 0 radical (unpaired) electrons. The molecule has 10 heteroatoms. The van der Waals surface area contributed by atoms with E-state index in [-0.39, 0.29) is 29.8 Å². The molecule has 1 heterocycles. The number of aliphatic imine (C=N–C) groups is 1. The smallest absolute Gasteiger partial charge is 0.370 e. The van der Waals surface area contributed by atoms with Crippen molar-refractivity contribution in [1.29, 1.82) is 0 Å². The second kappa shape index (κ2) is 11.7. The molecule has 0 fully saturated rings. The van der Waals surface area contributed by atoms with E-state index in [0.717, 1.165) is 17.8 Å². The Kier molecular flexibility index (Phi) is 9.97. The van der Waals surface area contributed by atoms with Crippen LogP contribution in [0.2, 0.25) is 0 Å². The average Bonchev–Trinajstić information content (AvgIpc) is 2.63. The van der Waals surface area contributed by atoms with Crippen molar-refractivity contribution >= 4 is 35.8 Å². The third-order valence-electron chi connectivity index (χ3n) is 3.62. The van der Waals surface area contributed by atoms with Gasteiger partial charge in [0.1, 0.15) is 11.6 Å². The summed E-state index contributed by atoms with van der Waals surface area (Å²) in [7, 11) is 1.63. The Bertz CT molecular complexity index is 750. The molecule has 28 heavy (non-hydrogen) atoms. The molecule has 0 aliphatic heterocycles. The molecule has 5 nitrogen and oxygen atoms in total. The zero-order valence-electron chi connectivity index (χ0n) is 15.2. The first kappa shape index (κ1) is 23.9. The highest BCUT2D eigenvalue weighted by Gasteiger charge is 2.30. The van der Waals surface area contributed by atoms with Gasteiger partial charge in [0, 0.05) is 32.9 Å². The van der Waals surface area contributed by atoms with Crippen LogP contribution in [0.1, 0.15) is 17.5 Å². The monoisotopic (exact) mass is 511 g/mol. The summed E-state index contributed by atoms with van der Waals surface area (Å²) in [5.41, 5.74) is 0.0240. The maximum atomic E-state index is 13.1. The fourth-order valence-corrected chi connectivity index (χ4v) is 2.23. The summed E-state index contributed by atoms with van der Waals surface area (Å²) >= 11 is 0. The number of benzene rings is 1. The van der Waals surface area contributed by atoms with Crippen LogP contribution < -0.4 is 16.0 Å². The van der Waals surface area contributed by atoms with E-state index in [2.05, 4.69) is 25.9 Å². The molecule has 0 bridgehead atoms. The summed E-state index contributed by atoms with van der Waals surface area (Å²) in [6.45, 7) is 1.56. The van der Waals surface area contributed by atoms with Crippen molar-refractivity contribution in [3.05, 3.63) is 59.5 Å². The van der Waals surface area contributed by atoms with Gasteiger partial charge in [-0.15, -0.1) is 24.0 Å². The zero-order chi connectivity index (χ0) is 19.7. The number of halogens is 5. The highest BCUT2D eigenvalue weighted by molar-refractivity contribution is 14.0. The summed E-state index contributed by atoms with van der Waals surface area (Å²) in [4.78, 5) is 7.82. The van der Waals surface area contributed by atoms with Crippen LogP contribution in [-0.2, 0) is 12.7 Å². The molecule has 1 aromatic heterocycles. The summed E-state index contributed by atoms with van der Waals surface area (Å²) < 4.78 is 50.5. The molecule has 3 N–H and O–H groups in total. The van der Waals surface area contributed by atoms with Crippen LogP contribution in [0.3, 0.4) is 0 Å². The minimum atomic E-state index is -4.39. The molecule has 0 atom stereocenters. The number of hydrogen-bond acceptors (Lipinski definition) is 3. The van der Waals surface area contributed by atoms with Gasteiger partial charge in [-0.1, -0.05) is 12.1 Å². The molecule has 0 amide bonds. The van der Waals surface area contributed by atoms with E-state index in [4.69, 9.17) is 0 Å². The van der Waals surface area contributed by atoms with Crippen LogP contribution in [0.5, 0.6) is 0 Å². The third kappa shape index (κ3) is 8.28. The molecule has 154 valence electrons. The molecular weight excluding hydrogens is 489 g/mol. The molecule has 0 unspecified atom stereocenters. The Balaban J connectivity index is 0.00000392. The summed E-state index contributed by atoms with van der Waals surface area (Å²) in [6.07, 6.45) is -2.88. The molecule has 0 aliphatic carbocycles. The lowest BCUT2D eigenvalue weighted by Crippen LogP contribution is -2.37. The van der Waals surface area contributed by atoms with Crippen LogP contribution in [0.4, 0.5) is 23.4 Å². The van der Waals surface area contributed by atoms with Gasteiger partial charge in [0.05, 0.1) is 5.56 Å². The Labute approximate surface area is 178 Å². The van der Waals surface area contributed by atoms with Crippen molar-refractivity contribution in [1.82, 2.24) is 15.6 Å². The lowest BCUT2D eigenvalue weighted by Gasteiger charge is -2.12. The SMILES string of the molecule is CN=C(NCCCNc1ccc(C(F)(F)F)cn1)NCc1cccc(F)c1.I. The lowest BCUT2D eigenvalue weighted by molar-refractivity contribution is -0.137. The second-order valence-corrected chi connectivity index (χ2v) is 5.69. The highest BCUT2D eigenvalue weighted by Crippen LogP contribution is 2.28. The molecule has 1 aromatic carbocycles. The number of rotatable bonds is 7. The van der Waals surface area contributed by atoms with Gasteiger partial charge in [-0.2, -0.15) is 13.2 Å². The Morgan fingerprint density at radius 1 is 1.11 bits per heavy atom. The molecule has 2 aromatic rings. The Hall–Kier alpha value is -2.11. The van der Waals surface area contributed by atoms with Crippen molar-refractivity contribution in [2.24, 2.45) is 4.99 Å². The first-order valence-corrected chi connectivity index (χ1v) is 8.34. The fraction of sp³-hybridized carbons (Fsp3) is 0.333. The number of nitrogens with zero attached hydrogens (tertiary/aromatic N) is 2. The van der Waals surface area contributed by atoms with Gasteiger partial charge in [0.15, 0.2) is 5.96 Å². The molecule has 0 saturated carbocycles. The number of guanidine groups is 1. The molecular formula is C18H22F4IN5. The molecule has 0 saturated heterocycles. The van der Waals surface area contributed by atoms with E-state index in [9.17, 15) is 17.6 Å². The van der Waals surface area contributed by atoms with Crippen molar-refractivity contribution in [2.75, 3.05) is 25.5 Å². The topological polar surface area (TPSA) is 61.3 Å². The number of hydrogen-bond donors (Lipinski definition) is 3. The van der Waals surface area contributed by atoms with Crippen molar-refractivity contribution in [2.45, 2.75) is 19.1 Å². The van der Waals surface area contributed by atoms with Crippen molar-refractivity contribution in [3.8, 4) is 0 Å². The molecule has 0 aliphatic rings. The summed E-state index contributed by atoms with van der Waals surface area (Å²) in [6, 6.07) is 8.58. The summed E-state index contributed by atoms with van der Waals surface area (Å²) in [5, 5.41) is 9.14. The van der Waals surface area contributed by atoms with Crippen molar-refractivity contribution < 1.29 is 17.6 Å². The van der Waals surface area contributed by atoms with Gasteiger partial charge in [-0.05, 0) is 36.2 Å². The van der Waals surface area contributed by atoms with Crippen LogP contribution in [0.15, 0.2) is 47.6 Å². The van der Waals surface area contributed by atoms with Gasteiger partial charge < -0.3 is 16.0 Å². The lowest BCUT2D eigenvalue weighted by atomic mass is 10.2. The average molecular weight is 511 g/mol. The minimum Gasteiger partial charge on any atom is -0.370 e. The number of pyridine rings is 1. The second-order valence-electron chi connectivity index (χ2n) is 5.69. The van der Waals surface area contributed by atoms with Crippen molar-refractivity contribution in [3.63, 3.8) is 0 Å². The largest absolute Gasteiger partial charge is 0.417 e. The number of alkyl halides is 3. The van der Waals surface area contributed by atoms with Crippen LogP contribution >= 0.6 is 24.0 Å². The standard InChI is InChI=1S/C18H21F4N5.HI/c1-23-17(27-11-13-4-2-5-15(19)10-13)25-9-3-8-24-16-7-6-14(12-26-16)18(20,21)22;/h2,4-7,10,12H,3,8-9,11H2,1H3,(H,24,26)(H2,23,25,27);1H. The fourth-order valence-electron chi connectivity index (χ4n) is 2.23. The van der Waals surface area contributed by atoms with E-state index in [0.29, 0.717) is 37.8 Å². The number of nitrogens with one attached hydrogen (secondary N) is 3. The third-order valence-corrected chi connectivity index (χ3v) is 3.62. The van der Waals surface area contributed by atoms with E-state index in [1.807, 2.05) is 6.07 Å². The Morgan fingerprint density at radius 3 is 2.50 bits per heavy atom. The first-order chi connectivity index (χ1) is 12.9. The predicted octanol–water partition coefficient (Wildman–Crippen LogP) is 4.02. The van der Waals surface area contributed by atoms with Crippen LogP contribution in [-0.4, -0.2) is 31.1 Å². The van der Waals surface area contributed by atoms with E-state index in [1.54, 1.807) is 13.1 Å². The van der Waals surface area contributed by atoms with Gasteiger partial charge in [0.2, 0.25) is 0 Å². The van der Waals surface area contributed by atoms with E-state index in [1.165, 1.54) is 18.2 Å². The van der Waals surface area contributed by atoms with Gasteiger partial charge in [0.25, 0.3) is 0 Å². The van der Waals surface area contributed by atoms with Gasteiger partial charge in [-0.3, -0.25) is 4.99 Å². The Morgan fingerprint density at radius 2 is 1.89 bits per heavy atom. The highest BCUT2D eigenvalue weighted by atomic mass is 127. The quantitative estimate of drug-likeness (QED) is 0.173. The normalized spacial score (nSPS) is 11.5. The number of aromatic nitrogens is 1. The number of anilines is 1. The predicted molar refractivity (Wildman–Crippen MR) is 112 cm³/mol. The van der Waals surface area contributed by atoms with E-state index >= 15 is 0 Å². The van der Waals surface area contributed by atoms with Gasteiger partial charge in [-0.25, -0.2) is 9.37 Å². The maximum Gasteiger partial charge on any atom is 0.417 e. The van der Waals surface area contributed by atoms with Crippen LogP contribution in [0.25, 0.3) is 0 Å².